The van der Waals surface area contributed by atoms with E-state index in [9.17, 15) is 5.11 Å². The van der Waals surface area contributed by atoms with Gasteiger partial charge in [-0.3, -0.25) is 4.68 Å². The van der Waals surface area contributed by atoms with Gasteiger partial charge in [0.25, 0.3) is 0 Å². The average Bonchev–Trinajstić information content (AvgIpc) is 2.59. The number of rotatable bonds is 3. The molecule has 1 heterocycles. The molecule has 0 fully saturated rings. The van der Waals surface area contributed by atoms with Crippen LogP contribution in [0.3, 0.4) is 0 Å². The second-order valence-electron chi connectivity index (χ2n) is 4.47. The molecule has 1 aromatic carbocycles. The number of nitrogen functional groups attached to an aromatic ring is 1. The number of halogens is 2. The molecule has 0 aliphatic rings. The van der Waals surface area contributed by atoms with Crippen molar-refractivity contribution in [3.05, 3.63) is 44.6 Å². The van der Waals surface area contributed by atoms with Gasteiger partial charge in [0.2, 0.25) is 0 Å². The highest BCUT2D eigenvalue weighted by atomic mass is 79.9. The third kappa shape index (κ3) is 2.94. The Morgan fingerprint density at radius 2 is 2.21 bits per heavy atom. The highest BCUT2D eigenvalue weighted by Gasteiger charge is 2.18. The van der Waals surface area contributed by atoms with Crippen molar-refractivity contribution >= 4 is 33.2 Å². The fourth-order valence-corrected chi connectivity index (χ4v) is 2.67. The molecule has 0 amide bonds. The molecule has 0 radical (unpaired) electrons. The number of nitrogens with zero attached hydrogens (tertiary/aromatic N) is 2. The van der Waals surface area contributed by atoms with Crippen molar-refractivity contribution in [1.29, 1.82) is 0 Å². The number of aryl methyl sites for hydroxylation is 2. The van der Waals surface area contributed by atoms with Crippen LogP contribution in [0.4, 0.5) is 5.69 Å². The number of aliphatic hydroxyl groups is 1. The maximum absolute atomic E-state index is 10.3. The molecule has 1 atom stereocenters. The molecule has 0 bridgehead atoms. The Balaban J connectivity index is 2.30. The van der Waals surface area contributed by atoms with Gasteiger partial charge in [-0.2, -0.15) is 5.10 Å². The molecule has 4 nitrogen and oxygen atoms in total. The summed E-state index contributed by atoms with van der Waals surface area (Å²) in [6, 6.07) is 5.42. The Morgan fingerprint density at radius 3 is 2.79 bits per heavy atom. The molecular formula is C13H15BrClN3O. The summed E-state index contributed by atoms with van der Waals surface area (Å²) in [5.74, 6) is 0. The minimum Gasteiger partial charge on any atom is -0.398 e. The minimum absolute atomic E-state index is 0.388. The summed E-state index contributed by atoms with van der Waals surface area (Å²) in [5, 5.41) is 15.1. The van der Waals surface area contributed by atoms with Crippen molar-refractivity contribution in [3.63, 3.8) is 0 Å². The van der Waals surface area contributed by atoms with E-state index < -0.39 is 6.10 Å². The summed E-state index contributed by atoms with van der Waals surface area (Å²) in [7, 11) is 1.78. The molecule has 102 valence electrons. The van der Waals surface area contributed by atoms with Crippen molar-refractivity contribution in [3.8, 4) is 0 Å². The van der Waals surface area contributed by atoms with Gasteiger partial charge in [0.05, 0.1) is 11.8 Å². The first-order valence-electron chi connectivity index (χ1n) is 5.81. The lowest BCUT2D eigenvalue weighted by molar-refractivity contribution is 0.179. The Morgan fingerprint density at radius 1 is 1.53 bits per heavy atom. The number of hydrogen-bond acceptors (Lipinski definition) is 3. The van der Waals surface area contributed by atoms with Gasteiger partial charge in [0, 0.05) is 34.8 Å². The Bertz CT molecular complexity index is 612. The molecule has 3 N–H and O–H groups in total. The molecule has 1 aromatic heterocycles. The number of hydrogen-bond donors (Lipinski definition) is 2. The Kier molecular flexibility index (Phi) is 4.18. The van der Waals surface area contributed by atoms with Crippen LogP contribution in [0.5, 0.6) is 0 Å². The topological polar surface area (TPSA) is 64.1 Å². The van der Waals surface area contributed by atoms with E-state index in [4.69, 9.17) is 17.3 Å². The number of anilines is 1. The predicted molar refractivity (Wildman–Crippen MR) is 80.2 cm³/mol. The van der Waals surface area contributed by atoms with Crippen molar-refractivity contribution in [1.82, 2.24) is 9.78 Å². The summed E-state index contributed by atoms with van der Waals surface area (Å²) in [6.45, 7) is 1.87. The van der Waals surface area contributed by atoms with Gasteiger partial charge in [-0.15, -0.1) is 0 Å². The van der Waals surface area contributed by atoms with Crippen LogP contribution in [0.15, 0.2) is 22.7 Å². The molecule has 2 aromatic rings. The van der Waals surface area contributed by atoms with Crippen molar-refractivity contribution < 1.29 is 5.11 Å². The van der Waals surface area contributed by atoms with Crippen LogP contribution in [0.2, 0.25) is 5.15 Å². The summed E-state index contributed by atoms with van der Waals surface area (Å²) in [5.41, 5.74) is 8.81. The molecule has 0 spiro atoms. The third-order valence-electron chi connectivity index (χ3n) is 3.08. The Labute approximate surface area is 125 Å². The first-order chi connectivity index (χ1) is 8.90. The summed E-state index contributed by atoms with van der Waals surface area (Å²) >= 11 is 9.54. The largest absolute Gasteiger partial charge is 0.398 e. The van der Waals surface area contributed by atoms with E-state index in [2.05, 4.69) is 21.0 Å². The quantitative estimate of drug-likeness (QED) is 0.841. The van der Waals surface area contributed by atoms with Gasteiger partial charge < -0.3 is 10.8 Å². The lowest BCUT2D eigenvalue weighted by atomic mass is 10.0. The van der Waals surface area contributed by atoms with E-state index in [0.717, 1.165) is 15.7 Å². The molecule has 0 aliphatic heterocycles. The van der Waals surface area contributed by atoms with Crippen molar-refractivity contribution in [2.24, 2.45) is 7.05 Å². The van der Waals surface area contributed by atoms with Crippen LogP contribution < -0.4 is 5.73 Å². The minimum atomic E-state index is -0.710. The Hall–Kier alpha value is -1.04. The van der Waals surface area contributed by atoms with Gasteiger partial charge in [-0.25, -0.2) is 0 Å². The van der Waals surface area contributed by atoms with Gasteiger partial charge in [-0.05, 0) is 25.1 Å². The lowest BCUT2D eigenvalue weighted by Crippen LogP contribution is -2.06. The number of aliphatic hydroxyl groups excluding tert-OH is 1. The van der Waals surface area contributed by atoms with E-state index >= 15 is 0 Å². The number of benzene rings is 1. The van der Waals surface area contributed by atoms with Crippen LogP contribution in [-0.2, 0) is 13.5 Å². The maximum Gasteiger partial charge on any atom is 0.130 e. The zero-order valence-electron chi connectivity index (χ0n) is 10.7. The van der Waals surface area contributed by atoms with E-state index in [1.807, 2.05) is 19.1 Å². The van der Waals surface area contributed by atoms with Gasteiger partial charge in [-0.1, -0.05) is 27.5 Å². The van der Waals surface area contributed by atoms with Crippen LogP contribution in [0.1, 0.15) is 22.9 Å². The number of nitrogens with two attached hydrogens (primary N) is 1. The molecule has 0 saturated heterocycles. The maximum atomic E-state index is 10.3. The highest BCUT2D eigenvalue weighted by Crippen LogP contribution is 2.30. The number of aromatic nitrogens is 2. The second kappa shape index (κ2) is 5.53. The second-order valence-corrected chi connectivity index (χ2v) is 5.75. The molecule has 0 saturated carbocycles. The summed E-state index contributed by atoms with van der Waals surface area (Å²) < 4.78 is 2.48. The fraction of sp³-hybridized carbons (Fsp3) is 0.308. The van der Waals surface area contributed by atoms with E-state index in [1.165, 1.54) is 0 Å². The molecule has 1 unspecified atom stereocenters. The molecular weight excluding hydrogens is 330 g/mol. The summed E-state index contributed by atoms with van der Waals surface area (Å²) in [6.07, 6.45) is -0.322. The smallest absolute Gasteiger partial charge is 0.130 e. The van der Waals surface area contributed by atoms with E-state index in [-0.39, 0.29) is 0 Å². The molecule has 19 heavy (non-hydrogen) atoms. The van der Waals surface area contributed by atoms with Crippen LogP contribution >= 0.6 is 27.5 Å². The normalized spacial score (nSPS) is 12.7. The first-order valence-corrected chi connectivity index (χ1v) is 6.98. The predicted octanol–water partition coefficient (Wildman–Crippen LogP) is 3.00. The van der Waals surface area contributed by atoms with E-state index in [0.29, 0.717) is 22.8 Å². The lowest BCUT2D eigenvalue weighted by Gasteiger charge is -2.14. The highest BCUT2D eigenvalue weighted by molar-refractivity contribution is 9.10. The molecule has 0 aliphatic carbocycles. The fourth-order valence-electron chi connectivity index (χ4n) is 2.04. The van der Waals surface area contributed by atoms with Gasteiger partial charge >= 0.3 is 0 Å². The van der Waals surface area contributed by atoms with Crippen LogP contribution in [-0.4, -0.2) is 14.9 Å². The monoisotopic (exact) mass is 343 g/mol. The molecule has 6 heteroatoms. The first kappa shape index (κ1) is 14.4. The van der Waals surface area contributed by atoms with Crippen LogP contribution in [0, 0.1) is 6.92 Å². The zero-order valence-corrected chi connectivity index (χ0v) is 13.0. The van der Waals surface area contributed by atoms with E-state index in [1.54, 1.807) is 17.8 Å². The van der Waals surface area contributed by atoms with Crippen molar-refractivity contribution in [2.45, 2.75) is 19.4 Å². The van der Waals surface area contributed by atoms with Gasteiger partial charge in [0.1, 0.15) is 5.15 Å². The average molecular weight is 345 g/mol. The third-order valence-corrected chi connectivity index (χ3v) is 4.04. The van der Waals surface area contributed by atoms with Crippen molar-refractivity contribution in [2.75, 3.05) is 5.73 Å². The summed E-state index contributed by atoms with van der Waals surface area (Å²) in [4.78, 5) is 0. The van der Waals surface area contributed by atoms with Gasteiger partial charge in [0.15, 0.2) is 0 Å². The standard InChI is InChI=1S/C13H15BrClN3O/c1-7-9(13(15)18(2)17-7)6-12(19)10-5-8(14)3-4-11(10)16/h3-5,12,19H,6,16H2,1-2H3. The molecule has 2 rings (SSSR count). The zero-order chi connectivity index (χ0) is 14.2. The van der Waals surface area contributed by atoms with Crippen LogP contribution in [0.25, 0.3) is 0 Å². The SMILES string of the molecule is Cc1nn(C)c(Cl)c1CC(O)c1cc(Br)ccc1N.